The van der Waals surface area contributed by atoms with Gasteiger partial charge < -0.3 is 14.2 Å². The molecule has 10 heteroatoms. The minimum Gasteiger partial charge on any atom is -0.497 e. The van der Waals surface area contributed by atoms with Crippen LogP contribution in [-0.2, 0) is 4.74 Å². The Morgan fingerprint density at radius 2 is 0.966 bits per heavy atom. The molecule has 0 aliphatic heterocycles. The molecule has 0 saturated carbocycles. The first kappa shape index (κ1) is 35.2. The Bertz CT molecular complexity index is 440. The van der Waals surface area contributed by atoms with Crippen molar-refractivity contribution in [3.8, 4) is 11.5 Å². The van der Waals surface area contributed by atoms with Gasteiger partial charge in [0, 0.05) is 20.3 Å². The SMILES string of the molecule is CC.CC(C)(C(F)(F)F)C(F)(F)F.COC.COc1cccc(OC)c1.CSC. The molecule has 3 nitrogen and oxygen atoms in total. The summed E-state index contributed by atoms with van der Waals surface area (Å²) in [6, 6.07) is 7.47. The topological polar surface area (TPSA) is 27.7 Å². The van der Waals surface area contributed by atoms with E-state index in [2.05, 4.69) is 4.74 Å². The van der Waals surface area contributed by atoms with Crippen LogP contribution in [0.5, 0.6) is 11.5 Å². The van der Waals surface area contributed by atoms with Crippen molar-refractivity contribution >= 4 is 11.8 Å². The molecule has 0 bridgehead atoms. The molecule has 0 spiro atoms. The van der Waals surface area contributed by atoms with E-state index in [-0.39, 0.29) is 13.8 Å². The third-order valence-corrected chi connectivity index (χ3v) is 2.69. The zero-order valence-electron chi connectivity index (χ0n) is 18.7. The number of methoxy groups -OCH3 is 3. The molecular weight excluding hydrogens is 422 g/mol. The summed E-state index contributed by atoms with van der Waals surface area (Å²) in [5.74, 6) is 1.64. The second kappa shape index (κ2) is 18.7. The Morgan fingerprint density at radius 3 is 1.10 bits per heavy atom. The molecule has 0 aliphatic rings. The first-order chi connectivity index (χ1) is 13.2. The lowest BCUT2D eigenvalue weighted by molar-refractivity contribution is -0.327. The lowest BCUT2D eigenvalue weighted by Crippen LogP contribution is -2.44. The minimum absolute atomic E-state index is 0.104. The number of alkyl halides is 6. The van der Waals surface area contributed by atoms with Crippen molar-refractivity contribution in [1.82, 2.24) is 0 Å². The van der Waals surface area contributed by atoms with Gasteiger partial charge in [-0.2, -0.15) is 38.1 Å². The van der Waals surface area contributed by atoms with Crippen molar-refractivity contribution in [2.24, 2.45) is 5.41 Å². The largest absolute Gasteiger partial charge is 0.497 e. The second-order valence-electron chi connectivity index (χ2n) is 5.32. The van der Waals surface area contributed by atoms with Crippen molar-refractivity contribution in [1.29, 1.82) is 0 Å². The van der Waals surface area contributed by atoms with Crippen LogP contribution in [0.3, 0.4) is 0 Å². The fourth-order valence-electron chi connectivity index (χ4n) is 0.889. The van der Waals surface area contributed by atoms with Gasteiger partial charge in [-0.3, -0.25) is 0 Å². The van der Waals surface area contributed by atoms with Crippen LogP contribution in [-0.4, -0.2) is 53.3 Å². The molecule has 1 rings (SSSR count). The summed E-state index contributed by atoms with van der Waals surface area (Å²) in [6.07, 6.45) is -6.41. The summed E-state index contributed by atoms with van der Waals surface area (Å²) in [4.78, 5) is 0. The molecule has 0 fully saturated rings. The number of rotatable bonds is 2. The molecule has 1 aromatic carbocycles. The second-order valence-corrected chi connectivity index (χ2v) is 6.14. The highest BCUT2D eigenvalue weighted by molar-refractivity contribution is 7.97. The Labute approximate surface area is 175 Å². The van der Waals surface area contributed by atoms with Crippen LogP contribution >= 0.6 is 11.8 Å². The van der Waals surface area contributed by atoms with Crippen LogP contribution < -0.4 is 9.47 Å². The number of thioether (sulfide) groups is 1. The van der Waals surface area contributed by atoms with E-state index in [4.69, 9.17) is 9.47 Å². The van der Waals surface area contributed by atoms with Gasteiger partial charge in [0.05, 0.1) is 14.2 Å². The van der Waals surface area contributed by atoms with Crippen LogP contribution in [0.2, 0.25) is 0 Å². The molecule has 0 atom stereocenters. The molecule has 0 saturated heterocycles. The van der Waals surface area contributed by atoms with Crippen molar-refractivity contribution < 1.29 is 40.6 Å². The van der Waals surface area contributed by atoms with Crippen LogP contribution in [0.15, 0.2) is 24.3 Å². The molecule has 0 amide bonds. The minimum atomic E-state index is -5.24. The zero-order valence-corrected chi connectivity index (χ0v) is 19.5. The fraction of sp³-hybridized carbons (Fsp3) is 0.684. The fourth-order valence-corrected chi connectivity index (χ4v) is 0.889. The number of halogens is 6. The number of benzene rings is 1. The normalized spacial score (nSPS) is 10.3. The van der Waals surface area contributed by atoms with Gasteiger partial charge in [-0.15, -0.1) is 0 Å². The van der Waals surface area contributed by atoms with E-state index in [1.165, 1.54) is 0 Å². The molecule has 0 radical (unpaired) electrons. The molecule has 176 valence electrons. The van der Waals surface area contributed by atoms with E-state index in [1.54, 1.807) is 40.2 Å². The van der Waals surface area contributed by atoms with Crippen molar-refractivity contribution in [3.05, 3.63) is 24.3 Å². The van der Waals surface area contributed by atoms with Crippen LogP contribution in [0.25, 0.3) is 0 Å². The van der Waals surface area contributed by atoms with E-state index in [0.717, 1.165) is 11.5 Å². The molecule has 0 heterocycles. The predicted molar refractivity (Wildman–Crippen MR) is 109 cm³/mol. The maximum Gasteiger partial charge on any atom is 0.402 e. The first-order valence-electron chi connectivity index (χ1n) is 8.31. The Morgan fingerprint density at radius 1 is 0.724 bits per heavy atom. The average Bonchev–Trinajstić information content (AvgIpc) is 2.63. The Hall–Kier alpha value is -1.29. The third-order valence-electron chi connectivity index (χ3n) is 2.69. The molecule has 29 heavy (non-hydrogen) atoms. The van der Waals surface area contributed by atoms with Gasteiger partial charge in [0.1, 0.15) is 11.5 Å². The van der Waals surface area contributed by atoms with Gasteiger partial charge in [0.25, 0.3) is 0 Å². The maximum atomic E-state index is 11.6. The van der Waals surface area contributed by atoms with Gasteiger partial charge >= 0.3 is 12.4 Å². The van der Waals surface area contributed by atoms with Crippen LogP contribution in [0.1, 0.15) is 27.7 Å². The van der Waals surface area contributed by atoms with E-state index < -0.39 is 17.8 Å². The summed E-state index contributed by atoms with van der Waals surface area (Å²) >= 11 is 1.75. The smallest absolute Gasteiger partial charge is 0.402 e. The van der Waals surface area contributed by atoms with Gasteiger partial charge in [-0.05, 0) is 38.5 Å². The summed E-state index contributed by atoms with van der Waals surface area (Å²) in [5, 5.41) is 0. The summed E-state index contributed by atoms with van der Waals surface area (Å²) in [5.41, 5.74) is -3.62. The summed E-state index contributed by atoms with van der Waals surface area (Å²) < 4.78 is 83.9. The van der Waals surface area contributed by atoms with Gasteiger partial charge in [0.15, 0.2) is 5.41 Å². The van der Waals surface area contributed by atoms with Gasteiger partial charge in [0.2, 0.25) is 0 Å². The summed E-state index contributed by atoms with van der Waals surface area (Å²) in [6.45, 7) is 4.21. The number of ether oxygens (including phenoxy) is 3. The molecule has 0 aliphatic carbocycles. The summed E-state index contributed by atoms with van der Waals surface area (Å²) in [7, 11) is 6.52. The lowest BCUT2D eigenvalue weighted by atomic mass is 9.92. The van der Waals surface area contributed by atoms with E-state index in [1.807, 2.05) is 50.6 Å². The Kier molecular flexibility index (Phi) is 22.7. The van der Waals surface area contributed by atoms with Gasteiger partial charge in [-0.25, -0.2) is 0 Å². The molecule has 1 aromatic rings. The molecular formula is C19H34F6O3S. The predicted octanol–water partition coefficient (Wildman–Crippen LogP) is 7.11. The van der Waals surface area contributed by atoms with Crippen molar-refractivity contribution in [3.63, 3.8) is 0 Å². The van der Waals surface area contributed by atoms with Crippen molar-refractivity contribution in [2.45, 2.75) is 40.0 Å². The zero-order chi connectivity index (χ0) is 24.3. The quantitative estimate of drug-likeness (QED) is 0.443. The molecule has 0 unspecified atom stereocenters. The van der Waals surface area contributed by atoms with Crippen molar-refractivity contribution in [2.75, 3.05) is 41.0 Å². The third kappa shape index (κ3) is 17.3. The lowest BCUT2D eigenvalue weighted by Gasteiger charge is -2.29. The van der Waals surface area contributed by atoms with E-state index >= 15 is 0 Å². The first-order valence-corrected chi connectivity index (χ1v) is 9.95. The average molecular weight is 457 g/mol. The highest BCUT2D eigenvalue weighted by Crippen LogP contribution is 2.49. The monoisotopic (exact) mass is 456 g/mol. The molecule has 0 aromatic heterocycles. The Balaban J connectivity index is -0.000000159. The van der Waals surface area contributed by atoms with Crippen LogP contribution in [0.4, 0.5) is 26.3 Å². The van der Waals surface area contributed by atoms with E-state index in [0.29, 0.717) is 0 Å². The van der Waals surface area contributed by atoms with Gasteiger partial charge in [-0.1, -0.05) is 19.9 Å². The van der Waals surface area contributed by atoms with Crippen LogP contribution in [0, 0.1) is 5.41 Å². The molecule has 0 N–H and O–H groups in total. The standard InChI is InChI=1S/C8H10O2.C5H6F6.C2H6O.C2H6S.C2H6/c1-9-7-4-3-5-8(6-7)10-2;1-3(2,4(6,7)8)5(9,10)11;2*1-3-2;1-2/h3-6H,1-2H3;1-2H3;2*1-2H3;1-2H3. The highest BCUT2D eigenvalue weighted by Gasteiger charge is 2.64. The maximum absolute atomic E-state index is 11.6. The van der Waals surface area contributed by atoms with E-state index in [9.17, 15) is 26.3 Å². The number of hydrogen-bond donors (Lipinski definition) is 0. The number of hydrogen-bond acceptors (Lipinski definition) is 4. The highest BCUT2D eigenvalue weighted by atomic mass is 32.2.